The van der Waals surface area contributed by atoms with E-state index in [1.807, 2.05) is 0 Å². The lowest BCUT2D eigenvalue weighted by molar-refractivity contribution is 0.0379. The molecule has 0 radical (unpaired) electrons. The van der Waals surface area contributed by atoms with Crippen molar-refractivity contribution >= 4 is 11.7 Å². The molecule has 0 fully saturated rings. The molecular weight excluding hydrogens is 260 g/mol. The number of carbonyl (C=O) groups excluding carboxylic acids is 1. The van der Waals surface area contributed by atoms with Crippen molar-refractivity contribution in [3.8, 4) is 5.69 Å². The molecule has 0 saturated heterocycles. The van der Waals surface area contributed by atoms with Crippen LogP contribution in [0.2, 0.25) is 0 Å². The quantitative estimate of drug-likeness (QED) is 0.658. The maximum Gasteiger partial charge on any atom is 0.350 e. The highest BCUT2D eigenvalue weighted by Gasteiger charge is 2.15. The second-order valence-corrected chi connectivity index (χ2v) is 4.66. The summed E-state index contributed by atoms with van der Waals surface area (Å²) < 4.78 is 7.63. The maximum absolute atomic E-state index is 11.9. The minimum Gasteiger partial charge on any atom is -0.459 e. The molecule has 0 unspecified atom stereocenters. The largest absolute Gasteiger partial charge is 0.459 e. The molecule has 1 aromatic carbocycles. The topological polar surface area (TPSA) is 92.1 Å². The summed E-state index contributed by atoms with van der Waals surface area (Å²) in [5.41, 5.74) is 6.44. The van der Waals surface area contributed by atoms with Crippen LogP contribution in [-0.4, -0.2) is 26.4 Å². The van der Waals surface area contributed by atoms with Crippen molar-refractivity contribution in [3.05, 3.63) is 40.6 Å². The fourth-order valence-corrected chi connectivity index (χ4v) is 1.68. The summed E-state index contributed by atoms with van der Waals surface area (Å²) in [4.78, 5) is 23.8. The fraction of sp³-hybridized carbons (Fsp3) is 0.308. The van der Waals surface area contributed by atoms with Gasteiger partial charge < -0.3 is 10.5 Å². The fourth-order valence-electron chi connectivity index (χ4n) is 1.68. The van der Waals surface area contributed by atoms with Gasteiger partial charge >= 0.3 is 11.7 Å². The smallest absolute Gasteiger partial charge is 0.350 e. The van der Waals surface area contributed by atoms with Crippen LogP contribution in [0.25, 0.3) is 5.69 Å². The third-order valence-electron chi connectivity index (χ3n) is 2.67. The van der Waals surface area contributed by atoms with E-state index in [4.69, 9.17) is 10.5 Å². The SMILES string of the molecule is CC(C)OC(=O)c1cc(-n2ncn(C)c2=O)ccc1N. The Balaban J connectivity index is 2.46. The molecule has 0 spiro atoms. The zero-order valence-corrected chi connectivity index (χ0v) is 11.5. The van der Waals surface area contributed by atoms with E-state index in [1.54, 1.807) is 33.0 Å². The Morgan fingerprint density at radius 1 is 1.40 bits per heavy atom. The van der Waals surface area contributed by atoms with E-state index in [2.05, 4.69) is 5.10 Å². The van der Waals surface area contributed by atoms with Gasteiger partial charge in [0.2, 0.25) is 0 Å². The second kappa shape index (κ2) is 5.20. The lowest BCUT2D eigenvalue weighted by Gasteiger charge is -2.10. The first-order valence-corrected chi connectivity index (χ1v) is 6.11. The van der Waals surface area contributed by atoms with Crippen molar-refractivity contribution in [3.63, 3.8) is 0 Å². The first-order chi connectivity index (χ1) is 9.40. The van der Waals surface area contributed by atoms with Crippen LogP contribution >= 0.6 is 0 Å². The van der Waals surface area contributed by atoms with E-state index < -0.39 is 5.97 Å². The molecule has 20 heavy (non-hydrogen) atoms. The number of aromatic nitrogens is 3. The highest BCUT2D eigenvalue weighted by atomic mass is 16.5. The molecule has 106 valence electrons. The van der Waals surface area contributed by atoms with Crippen molar-refractivity contribution in [2.24, 2.45) is 7.05 Å². The molecule has 0 atom stereocenters. The molecule has 2 rings (SSSR count). The van der Waals surface area contributed by atoms with Crippen molar-refractivity contribution < 1.29 is 9.53 Å². The van der Waals surface area contributed by atoms with Crippen LogP contribution < -0.4 is 11.4 Å². The van der Waals surface area contributed by atoms with Crippen LogP contribution in [0.4, 0.5) is 5.69 Å². The van der Waals surface area contributed by atoms with E-state index in [0.717, 1.165) is 0 Å². The average Bonchev–Trinajstić information content (AvgIpc) is 2.70. The van der Waals surface area contributed by atoms with E-state index >= 15 is 0 Å². The minimum absolute atomic E-state index is 0.216. The number of benzene rings is 1. The van der Waals surface area contributed by atoms with Gasteiger partial charge in [0.05, 0.1) is 17.4 Å². The number of ether oxygens (including phenoxy) is 1. The van der Waals surface area contributed by atoms with Gasteiger partial charge in [-0.1, -0.05) is 0 Å². The van der Waals surface area contributed by atoms with Crippen LogP contribution in [0.1, 0.15) is 24.2 Å². The molecule has 0 aliphatic rings. The highest BCUT2D eigenvalue weighted by Crippen LogP contribution is 2.17. The van der Waals surface area contributed by atoms with Gasteiger partial charge in [0.25, 0.3) is 0 Å². The molecule has 1 aromatic heterocycles. The monoisotopic (exact) mass is 276 g/mol. The van der Waals surface area contributed by atoms with Crippen LogP contribution in [0, 0.1) is 0 Å². The van der Waals surface area contributed by atoms with Crippen LogP contribution in [0.3, 0.4) is 0 Å². The molecule has 0 amide bonds. The number of esters is 1. The Bertz CT molecular complexity index is 700. The molecule has 0 saturated carbocycles. The van der Waals surface area contributed by atoms with Gasteiger partial charge in [0.1, 0.15) is 6.33 Å². The second-order valence-electron chi connectivity index (χ2n) is 4.66. The number of aryl methyl sites for hydroxylation is 1. The summed E-state index contributed by atoms with van der Waals surface area (Å²) in [6, 6.07) is 4.66. The lowest BCUT2D eigenvalue weighted by Crippen LogP contribution is -2.22. The first kappa shape index (κ1) is 13.9. The number of nitrogens with two attached hydrogens (primary N) is 1. The van der Waals surface area contributed by atoms with Gasteiger partial charge in [-0.15, -0.1) is 0 Å². The summed E-state index contributed by atoms with van der Waals surface area (Å²) >= 11 is 0. The number of hydrogen-bond donors (Lipinski definition) is 1. The molecule has 0 aliphatic heterocycles. The molecule has 2 N–H and O–H groups in total. The molecule has 0 bridgehead atoms. The van der Waals surface area contributed by atoms with Crippen LogP contribution in [-0.2, 0) is 11.8 Å². The number of anilines is 1. The third-order valence-corrected chi connectivity index (χ3v) is 2.67. The number of rotatable bonds is 3. The zero-order chi connectivity index (χ0) is 14.9. The Hall–Kier alpha value is -2.57. The highest BCUT2D eigenvalue weighted by molar-refractivity contribution is 5.95. The Morgan fingerprint density at radius 3 is 2.65 bits per heavy atom. The van der Waals surface area contributed by atoms with Gasteiger partial charge in [-0.3, -0.25) is 4.57 Å². The lowest BCUT2D eigenvalue weighted by atomic mass is 10.1. The third kappa shape index (κ3) is 2.56. The predicted molar refractivity (Wildman–Crippen MR) is 73.8 cm³/mol. The van der Waals surface area contributed by atoms with Crippen molar-refractivity contribution in [2.45, 2.75) is 20.0 Å². The molecular formula is C13H16N4O3. The number of nitrogen functional groups attached to an aromatic ring is 1. The summed E-state index contributed by atoms with van der Waals surface area (Å²) in [6.45, 7) is 3.50. The van der Waals surface area contributed by atoms with Crippen molar-refractivity contribution in [1.29, 1.82) is 0 Å². The number of nitrogens with zero attached hydrogens (tertiary/aromatic N) is 3. The van der Waals surface area contributed by atoms with E-state index in [1.165, 1.54) is 21.6 Å². The van der Waals surface area contributed by atoms with Gasteiger partial charge in [-0.2, -0.15) is 9.78 Å². The Labute approximate surface area is 115 Å². The Kier molecular flexibility index (Phi) is 3.60. The average molecular weight is 276 g/mol. The standard InChI is InChI=1S/C13H16N4O3/c1-8(2)20-12(18)10-6-9(4-5-11(10)14)17-13(19)16(3)7-15-17/h4-8H,14H2,1-3H3. The minimum atomic E-state index is -0.525. The molecule has 7 heteroatoms. The Morgan fingerprint density at radius 2 is 2.10 bits per heavy atom. The summed E-state index contributed by atoms with van der Waals surface area (Å²) in [7, 11) is 1.59. The number of carbonyl (C=O) groups is 1. The summed E-state index contributed by atoms with van der Waals surface area (Å²) in [5.74, 6) is -0.525. The molecule has 2 aromatic rings. The molecule has 1 heterocycles. The van der Waals surface area contributed by atoms with E-state index in [0.29, 0.717) is 11.4 Å². The van der Waals surface area contributed by atoms with Gasteiger partial charge in [0, 0.05) is 12.7 Å². The summed E-state index contributed by atoms with van der Waals surface area (Å²) in [5, 5.41) is 3.95. The normalized spacial score (nSPS) is 10.8. The van der Waals surface area contributed by atoms with Gasteiger partial charge in [0.15, 0.2) is 0 Å². The van der Waals surface area contributed by atoms with Crippen molar-refractivity contribution in [1.82, 2.24) is 14.3 Å². The van der Waals surface area contributed by atoms with E-state index in [9.17, 15) is 9.59 Å². The predicted octanol–water partition coefficient (Wildman–Crippen LogP) is 0.718. The van der Waals surface area contributed by atoms with Crippen molar-refractivity contribution in [2.75, 3.05) is 5.73 Å². The molecule has 7 nitrogen and oxygen atoms in total. The maximum atomic E-state index is 11.9. The van der Waals surface area contributed by atoms with Gasteiger partial charge in [-0.25, -0.2) is 9.59 Å². The van der Waals surface area contributed by atoms with Gasteiger partial charge in [-0.05, 0) is 32.0 Å². The molecule has 0 aliphatic carbocycles. The first-order valence-electron chi connectivity index (χ1n) is 6.11. The number of hydrogen-bond acceptors (Lipinski definition) is 5. The zero-order valence-electron chi connectivity index (χ0n) is 11.5. The van der Waals surface area contributed by atoms with Crippen LogP contribution in [0.15, 0.2) is 29.3 Å². The summed E-state index contributed by atoms with van der Waals surface area (Å²) in [6.07, 6.45) is 1.15. The van der Waals surface area contributed by atoms with E-state index in [-0.39, 0.29) is 17.4 Å². The van der Waals surface area contributed by atoms with Crippen LogP contribution in [0.5, 0.6) is 0 Å².